The van der Waals surface area contributed by atoms with Crippen LogP contribution >= 0.6 is 0 Å². The monoisotopic (exact) mass is 316 g/mol. The molecule has 0 saturated heterocycles. The number of aliphatic hydroxyl groups is 1. The van der Waals surface area contributed by atoms with Crippen molar-refractivity contribution in [3.8, 4) is 0 Å². The molecule has 0 radical (unpaired) electrons. The van der Waals surface area contributed by atoms with Crippen LogP contribution in [0.1, 0.15) is 25.7 Å². The minimum atomic E-state index is -3.90. The molecule has 7 heteroatoms. The first-order chi connectivity index (χ1) is 9.94. The molecule has 1 fully saturated rings. The van der Waals surface area contributed by atoms with E-state index in [1.54, 1.807) is 0 Å². The molecule has 1 saturated carbocycles. The second-order valence-electron chi connectivity index (χ2n) is 5.53. The number of nitrogens with one attached hydrogen (secondary N) is 1. The summed E-state index contributed by atoms with van der Waals surface area (Å²) in [4.78, 5) is -0.395. The van der Waals surface area contributed by atoms with Gasteiger partial charge in [-0.1, -0.05) is 12.8 Å². The summed E-state index contributed by atoms with van der Waals surface area (Å²) >= 11 is 0. The first-order valence-corrected chi connectivity index (χ1v) is 8.58. The van der Waals surface area contributed by atoms with Crippen molar-refractivity contribution in [2.75, 3.05) is 18.9 Å². The van der Waals surface area contributed by atoms with Crippen molar-refractivity contribution < 1.29 is 17.9 Å². The van der Waals surface area contributed by atoms with Crippen LogP contribution in [0.15, 0.2) is 23.1 Å². The lowest BCUT2D eigenvalue weighted by atomic mass is 9.80. The number of nitrogen functional groups attached to an aromatic ring is 1. The van der Waals surface area contributed by atoms with Gasteiger partial charge in [0.1, 0.15) is 10.7 Å². The molecule has 4 N–H and O–H groups in total. The van der Waals surface area contributed by atoms with Gasteiger partial charge in [-0.3, -0.25) is 0 Å². The summed E-state index contributed by atoms with van der Waals surface area (Å²) in [5.74, 6) is -0.655. The van der Waals surface area contributed by atoms with Crippen LogP contribution in [0.3, 0.4) is 0 Å². The van der Waals surface area contributed by atoms with Crippen molar-refractivity contribution in [1.82, 2.24) is 4.72 Å². The Morgan fingerprint density at radius 2 is 1.95 bits per heavy atom. The van der Waals surface area contributed by atoms with Crippen molar-refractivity contribution >= 4 is 15.7 Å². The number of halogens is 1. The molecule has 5 nitrogen and oxygen atoms in total. The van der Waals surface area contributed by atoms with Gasteiger partial charge in [0, 0.05) is 18.8 Å². The van der Waals surface area contributed by atoms with Gasteiger partial charge in [0.05, 0.1) is 0 Å². The highest BCUT2D eigenvalue weighted by molar-refractivity contribution is 7.89. The third-order valence-corrected chi connectivity index (χ3v) is 5.54. The Kier molecular flexibility index (Phi) is 5.18. The lowest BCUT2D eigenvalue weighted by Gasteiger charge is -2.30. The predicted molar refractivity (Wildman–Crippen MR) is 78.5 cm³/mol. The van der Waals surface area contributed by atoms with Gasteiger partial charge in [0.2, 0.25) is 10.0 Å². The fraction of sp³-hybridized carbons (Fsp3) is 0.571. The van der Waals surface area contributed by atoms with E-state index in [0.29, 0.717) is 0 Å². The average molecular weight is 316 g/mol. The highest BCUT2D eigenvalue weighted by Crippen LogP contribution is 2.29. The molecule has 1 aliphatic carbocycles. The number of rotatable bonds is 5. The van der Waals surface area contributed by atoms with Crippen LogP contribution in [0, 0.1) is 17.7 Å². The molecule has 0 bridgehead atoms. The Labute approximate surface area is 124 Å². The first kappa shape index (κ1) is 16.2. The minimum absolute atomic E-state index is 0.0582. The van der Waals surface area contributed by atoms with Gasteiger partial charge in [-0.2, -0.15) is 0 Å². The zero-order chi connectivity index (χ0) is 15.5. The summed E-state index contributed by atoms with van der Waals surface area (Å²) in [6.45, 7) is 0.278. The normalized spacial score (nSPS) is 23.1. The maximum atomic E-state index is 13.7. The third-order valence-electron chi connectivity index (χ3n) is 4.08. The van der Waals surface area contributed by atoms with E-state index < -0.39 is 20.7 Å². The highest BCUT2D eigenvalue weighted by Gasteiger charge is 2.27. The number of sulfonamides is 1. The molecule has 1 aromatic carbocycles. The number of hydrogen-bond acceptors (Lipinski definition) is 4. The number of nitrogens with two attached hydrogens (primary N) is 1. The van der Waals surface area contributed by atoms with Gasteiger partial charge in [-0.15, -0.1) is 0 Å². The summed E-state index contributed by atoms with van der Waals surface area (Å²) in [6, 6.07) is 3.51. The smallest absolute Gasteiger partial charge is 0.243 e. The maximum Gasteiger partial charge on any atom is 0.243 e. The largest absolute Gasteiger partial charge is 0.399 e. The standard InChI is InChI=1S/C14H21FN2O3S/c15-13-7-12(16)5-6-14(13)21(19,20)17-8-10-3-1-2-4-11(10)9-18/h5-7,10-11,17-18H,1-4,8-9,16H2. The molecule has 2 unspecified atom stereocenters. The lowest BCUT2D eigenvalue weighted by Crippen LogP contribution is -2.35. The van der Waals surface area contributed by atoms with E-state index in [0.717, 1.165) is 37.8 Å². The number of anilines is 1. The quantitative estimate of drug-likeness (QED) is 0.718. The number of hydrogen-bond donors (Lipinski definition) is 3. The molecule has 0 aromatic heterocycles. The second-order valence-corrected chi connectivity index (χ2v) is 7.26. The van der Waals surface area contributed by atoms with Crippen LogP contribution in [0.4, 0.5) is 10.1 Å². The van der Waals surface area contributed by atoms with Crippen LogP contribution in [0.5, 0.6) is 0 Å². The van der Waals surface area contributed by atoms with Gasteiger partial charge >= 0.3 is 0 Å². The van der Waals surface area contributed by atoms with E-state index in [1.807, 2.05) is 0 Å². The Hall–Kier alpha value is -1.18. The molecule has 0 spiro atoms. The highest BCUT2D eigenvalue weighted by atomic mass is 32.2. The fourth-order valence-electron chi connectivity index (χ4n) is 2.82. The Morgan fingerprint density at radius 1 is 1.29 bits per heavy atom. The molecule has 1 aliphatic rings. The molecule has 1 aromatic rings. The molecule has 21 heavy (non-hydrogen) atoms. The van der Waals surface area contributed by atoms with Crippen LogP contribution in [0.2, 0.25) is 0 Å². The summed E-state index contributed by atoms with van der Waals surface area (Å²) in [5.41, 5.74) is 5.59. The van der Waals surface area contributed by atoms with Crippen LogP contribution in [-0.4, -0.2) is 26.7 Å². The van der Waals surface area contributed by atoms with E-state index in [2.05, 4.69) is 4.72 Å². The lowest BCUT2D eigenvalue weighted by molar-refractivity contribution is 0.136. The fourth-order valence-corrected chi connectivity index (χ4v) is 3.97. The van der Waals surface area contributed by atoms with Crippen LogP contribution < -0.4 is 10.5 Å². The molecule has 0 heterocycles. The van der Waals surface area contributed by atoms with Gasteiger partial charge < -0.3 is 10.8 Å². The van der Waals surface area contributed by atoms with E-state index in [4.69, 9.17) is 5.73 Å². The van der Waals surface area contributed by atoms with Crippen LogP contribution in [-0.2, 0) is 10.0 Å². The Bertz CT molecular complexity index is 592. The van der Waals surface area contributed by atoms with Gasteiger partial charge in [-0.05, 0) is 42.9 Å². The van der Waals surface area contributed by atoms with Crippen molar-refractivity contribution in [2.45, 2.75) is 30.6 Å². The van der Waals surface area contributed by atoms with Crippen molar-refractivity contribution in [3.63, 3.8) is 0 Å². The van der Waals surface area contributed by atoms with Gasteiger partial charge in [0.15, 0.2) is 0 Å². The van der Waals surface area contributed by atoms with E-state index in [9.17, 15) is 17.9 Å². The molecular weight excluding hydrogens is 295 g/mol. The van der Waals surface area contributed by atoms with Crippen molar-refractivity contribution in [2.24, 2.45) is 11.8 Å². The topological polar surface area (TPSA) is 92.4 Å². The van der Waals surface area contributed by atoms with Crippen LogP contribution in [0.25, 0.3) is 0 Å². The molecule has 0 amide bonds. The molecule has 118 valence electrons. The summed E-state index contributed by atoms with van der Waals surface area (Å²) in [7, 11) is -3.90. The summed E-state index contributed by atoms with van der Waals surface area (Å²) < 4.78 is 40.5. The van der Waals surface area contributed by atoms with Gasteiger partial charge in [-0.25, -0.2) is 17.5 Å². The second kappa shape index (κ2) is 6.72. The number of aliphatic hydroxyl groups excluding tert-OH is 1. The summed E-state index contributed by atoms with van der Waals surface area (Å²) in [6.07, 6.45) is 3.86. The zero-order valence-corrected chi connectivity index (χ0v) is 12.6. The molecular formula is C14H21FN2O3S. The van der Waals surface area contributed by atoms with Gasteiger partial charge in [0.25, 0.3) is 0 Å². The van der Waals surface area contributed by atoms with Crippen molar-refractivity contribution in [1.29, 1.82) is 0 Å². The first-order valence-electron chi connectivity index (χ1n) is 7.09. The molecule has 2 atom stereocenters. The van der Waals surface area contributed by atoms with E-state index >= 15 is 0 Å². The molecule has 0 aliphatic heterocycles. The molecule has 2 rings (SSSR count). The Morgan fingerprint density at radius 3 is 2.57 bits per heavy atom. The number of benzene rings is 1. The minimum Gasteiger partial charge on any atom is -0.399 e. The Balaban J connectivity index is 2.07. The third kappa shape index (κ3) is 3.93. The SMILES string of the molecule is Nc1ccc(S(=O)(=O)NCC2CCCCC2CO)c(F)c1. The van der Waals surface area contributed by atoms with E-state index in [1.165, 1.54) is 6.07 Å². The summed E-state index contributed by atoms with van der Waals surface area (Å²) in [5, 5.41) is 9.33. The maximum absolute atomic E-state index is 13.7. The predicted octanol–water partition coefficient (Wildman–Crippen LogP) is 1.48. The zero-order valence-electron chi connectivity index (χ0n) is 11.8. The average Bonchev–Trinajstić information content (AvgIpc) is 2.45. The van der Waals surface area contributed by atoms with E-state index in [-0.39, 0.29) is 30.7 Å². The van der Waals surface area contributed by atoms with Crippen molar-refractivity contribution in [3.05, 3.63) is 24.0 Å².